The van der Waals surface area contributed by atoms with E-state index in [-0.39, 0.29) is 11.0 Å². The van der Waals surface area contributed by atoms with Crippen molar-refractivity contribution in [3.05, 3.63) is 51.0 Å². The molecule has 2 amide bonds. The third-order valence-electron chi connectivity index (χ3n) is 4.16. The van der Waals surface area contributed by atoms with Crippen molar-refractivity contribution in [1.29, 1.82) is 0 Å². The first kappa shape index (κ1) is 21.5. The zero-order valence-corrected chi connectivity index (χ0v) is 17.9. The molecular formula is C20H17Cl2NO5S. The molecule has 29 heavy (non-hydrogen) atoms. The molecule has 1 fully saturated rings. The predicted molar refractivity (Wildman–Crippen MR) is 113 cm³/mol. The Balaban J connectivity index is 1.75. The van der Waals surface area contributed by atoms with Crippen molar-refractivity contribution in [3.8, 4) is 11.3 Å². The zero-order valence-electron chi connectivity index (χ0n) is 15.6. The number of benzene rings is 1. The summed E-state index contributed by atoms with van der Waals surface area (Å²) in [5.74, 6) is -0.359. The molecule has 0 saturated carbocycles. The van der Waals surface area contributed by atoms with Crippen LogP contribution in [0.4, 0.5) is 4.79 Å². The molecule has 0 unspecified atom stereocenters. The number of hydrogen-bond donors (Lipinski definition) is 0. The van der Waals surface area contributed by atoms with E-state index in [4.69, 9.17) is 32.4 Å². The van der Waals surface area contributed by atoms with Crippen LogP contribution in [-0.4, -0.2) is 34.7 Å². The van der Waals surface area contributed by atoms with E-state index in [1.165, 1.54) is 6.08 Å². The molecule has 0 bridgehead atoms. The molecule has 152 valence electrons. The largest absolute Gasteiger partial charge is 0.461 e. The molecule has 0 aliphatic carbocycles. The molecular weight excluding hydrogens is 437 g/mol. The quantitative estimate of drug-likeness (QED) is 0.416. The van der Waals surface area contributed by atoms with Crippen LogP contribution in [0.1, 0.15) is 26.0 Å². The number of carbonyl (C=O) groups is 3. The second-order valence-electron chi connectivity index (χ2n) is 6.30. The molecule has 1 saturated heterocycles. The van der Waals surface area contributed by atoms with Crippen LogP contribution in [0, 0.1) is 0 Å². The van der Waals surface area contributed by atoms with Gasteiger partial charge in [-0.25, -0.2) is 0 Å². The van der Waals surface area contributed by atoms with Crippen molar-refractivity contribution in [3.63, 3.8) is 0 Å². The summed E-state index contributed by atoms with van der Waals surface area (Å²) in [7, 11) is 0. The van der Waals surface area contributed by atoms with Gasteiger partial charge in [0.15, 0.2) is 0 Å². The van der Waals surface area contributed by atoms with Crippen LogP contribution in [0.3, 0.4) is 0 Å². The Bertz CT molecular complexity index is 1000. The molecule has 1 atom stereocenters. The van der Waals surface area contributed by atoms with Crippen LogP contribution >= 0.6 is 35.0 Å². The van der Waals surface area contributed by atoms with E-state index in [2.05, 4.69) is 0 Å². The van der Waals surface area contributed by atoms with Crippen molar-refractivity contribution < 1.29 is 23.5 Å². The fourth-order valence-corrected chi connectivity index (χ4v) is 3.70. The number of nitrogens with zero attached hydrogens (tertiary/aromatic N) is 1. The van der Waals surface area contributed by atoms with E-state index < -0.39 is 23.7 Å². The lowest BCUT2D eigenvalue weighted by Crippen LogP contribution is -2.35. The van der Waals surface area contributed by atoms with Gasteiger partial charge in [-0.15, -0.1) is 0 Å². The van der Waals surface area contributed by atoms with Crippen molar-refractivity contribution in [1.82, 2.24) is 4.90 Å². The second-order valence-corrected chi connectivity index (χ2v) is 8.14. The average molecular weight is 454 g/mol. The van der Waals surface area contributed by atoms with Crippen molar-refractivity contribution >= 4 is 58.2 Å². The van der Waals surface area contributed by atoms with Gasteiger partial charge in [0.25, 0.3) is 11.1 Å². The normalized spacial score (nSPS) is 16.6. The maximum Gasteiger partial charge on any atom is 0.326 e. The first-order chi connectivity index (χ1) is 13.8. The lowest BCUT2D eigenvalue weighted by molar-refractivity contribution is -0.150. The van der Waals surface area contributed by atoms with Gasteiger partial charge in [-0.2, -0.15) is 0 Å². The number of halogens is 2. The smallest absolute Gasteiger partial charge is 0.326 e. The SMILES string of the molecule is CC[C@@H](C)OC(=O)CN1C(=O)S/C(=C/c2ccc(-c3cc(Cl)ccc3Cl)o2)C1=O. The molecule has 2 aromatic rings. The number of rotatable bonds is 6. The first-order valence-electron chi connectivity index (χ1n) is 8.78. The van der Waals surface area contributed by atoms with Gasteiger partial charge < -0.3 is 9.15 Å². The molecule has 1 aromatic heterocycles. The molecule has 9 heteroatoms. The third-order valence-corrected chi connectivity index (χ3v) is 5.63. The predicted octanol–water partition coefficient (Wildman–Crippen LogP) is 5.63. The Hall–Kier alpha value is -2.22. The average Bonchev–Trinajstić information content (AvgIpc) is 3.24. The fourth-order valence-electron chi connectivity index (χ4n) is 2.50. The minimum absolute atomic E-state index is 0.157. The van der Waals surface area contributed by atoms with E-state index in [0.29, 0.717) is 33.6 Å². The Labute approximate surface area is 181 Å². The van der Waals surface area contributed by atoms with Gasteiger partial charge in [-0.05, 0) is 55.4 Å². The molecule has 6 nitrogen and oxygen atoms in total. The van der Waals surface area contributed by atoms with E-state index in [1.54, 1.807) is 37.3 Å². The highest BCUT2D eigenvalue weighted by atomic mass is 35.5. The molecule has 1 aliphatic rings. The second kappa shape index (κ2) is 9.07. The summed E-state index contributed by atoms with van der Waals surface area (Å²) in [5.41, 5.74) is 0.611. The lowest BCUT2D eigenvalue weighted by Gasteiger charge is -2.14. The highest BCUT2D eigenvalue weighted by molar-refractivity contribution is 8.18. The van der Waals surface area contributed by atoms with Gasteiger partial charge in [-0.1, -0.05) is 30.1 Å². The number of thioether (sulfide) groups is 1. The van der Waals surface area contributed by atoms with Crippen molar-refractivity contribution in [2.24, 2.45) is 0 Å². The van der Waals surface area contributed by atoms with Crippen LogP contribution in [0.5, 0.6) is 0 Å². The van der Waals surface area contributed by atoms with Crippen LogP contribution < -0.4 is 0 Å². The maximum absolute atomic E-state index is 12.5. The molecule has 0 spiro atoms. The van der Waals surface area contributed by atoms with E-state index in [9.17, 15) is 14.4 Å². The standard InChI is InChI=1S/C20H17Cl2NO5S/c1-3-11(2)27-18(24)10-23-19(25)17(29-20(23)26)9-13-5-7-16(28-13)14-8-12(21)4-6-15(14)22/h4-9,11H,3,10H2,1-2H3/b17-9+/t11-/m1/s1. The molecule has 1 aliphatic heterocycles. The number of imide groups is 1. The van der Waals surface area contributed by atoms with Gasteiger partial charge in [0, 0.05) is 16.7 Å². The Morgan fingerprint density at radius 1 is 1.28 bits per heavy atom. The summed E-state index contributed by atoms with van der Waals surface area (Å²) < 4.78 is 10.9. The summed E-state index contributed by atoms with van der Waals surface area (Å²) in [6.45, 7) is 3.19. The number of carbonyl (C=O) groups excluding carboxylic acids is 3. The highest BCUT2D eigenvalue weighted by Crippen LogP contribution is 2.35. The minimum Gasteiger partial charge on any atom is -0.461 e. The van der Waals surface area contributed by atoms with Crippen molar-refractivity contribution in [2.45, 2.75) is 26.4 Å². The lowest BCUT2D eigenvalue weighted by atomic mass is 10.2. The number of esters is 1. The summed E-state index contributed by atoms with van der Waals surface area (Å²) in [6.07, 6.45) is 1.82. The van der Waals surface area contributed by atoms with Crippen LogP contribution in [0.25, 0.3) is 17.4 Å². The summed E-state index contributed by atoms with van der Waals surface area (Å²) in [4.78, 5) is 37.6. The van der Waals surface area contributed by atoms with Crippen LogP contribution in [0.15, 0.2) is 39.7 Å². The number of amides is 2. The minimum atomic E-state index is -0.626. The van der Waals surface area contributed by atoms with E-state index in [1.807, 2.05) is 6.92 Å². The Morgan fingerprint density at radius 2 is 2.03 bits per heavy atom. The topological polar surface area (TPSA) is 76.8 Å². The number of furan rings is 1. The fraction of sp³-hybridized carbons (Fsp3) is 0.250. The summed E-state index contributed by atoms with van der Waals surface area (Å²) in [5, 5.41) is 0.440. The van der Waals surface area contributed by atoms with E-state index >= 15 is 0 Å². The molecule has 0 radical (unpaired) electrons. The Morgan fingerprint density at radius 3 is 2.76 bits per heavy atom. The molecule has 2 heterocycles. The van der Waals surface area contributed by atoms with Crippen molar-refractivity contribution in [2.75, 3.05) is 6.54 Å². The van der Waals surface area contributed by atoms with Gasteiger partial charge in [0.2, 0.25) is 0 Å². The van der Waals surface area contributed by atoms with Gasteiger partial charge in [-0.3, -0.25) is 19.3 Å². The number of hydrogen-bond acceptors (Lipinski definition) is 6. The highest BCUT2D eigenvalue weighted by Gasteiger charge is 2.37. The van der Waals surface area contributed by atoms with Gasteiger partial charge in [0.05, 0.1) is 16.0 Å². The summed E-state index contributed by atoms with van der Waals surface area (Å²) in [6, 6.07) is 8.34. The van der Waals surface area contributed by atoms with Crippen LogP contribution in [-0.2, 0) is 14.3 Å². The third kappa shape index (κ3) is 5.04. The molecule has 1 aromatic carbocycles. The van der Waals surface area contributed by atoms with Gasteiger partial charge >= 0.3 is 5.97 Å². The molecule has 0 N–H and O–H groups in total. The first-order valence-corrected chi connectivity index (χ1v) is 10.4. The summed E-state index contributed by atoms with van der Waals surface area (Å²) >= 11 is 12.9. The molecule has 3 rings (SSSR count). The maximum atomic E-state index is 12.5. The zero-order chi connectivity index (χ0) is 21.1. The Kier molecular flexibility index (Phi) is 6.72. The van der Waals surface area contributed by atoms with Crippen LogP contribution in [0.2, 0.25) is 10.0 Å². The van der Waals surface area contributed by atoms with Gasteiger partial charge in [0.1, 0.15) is 18.1 Å². The number of ether oxygens (including phenoxy) is 1. The monoisotopic (exact) mass is 453 g/mol. The van der Waals surface area contributed by atoms with E-state index in [0.717, 1.165) is 16.7 Å².